The largest absolute Gasteiger partial charge is 0.424 e. The van der Waals surface area contributed by atoms with Crippen LogP contribution in [0.5, 0.6) is 0 Å². The third-order valence-corrected chi connectivity index (χ3v) is 5.25. The second-order valence-electron chi connectivity index (χ2n) is 6.28. The highest BCUT2D eigenvalue weighted by molar-refractivity contribution is 7.99. The zero-order chi connectivity index (χ0) is 19.5. The molecular weight excluding hydrogens is 377 g/mol. The fraction of sp³-hybridized carbons (Fsp3) is 0.200. The lowest BCUT2D eigenvalue weighted by Gasteiger charge is -2.12. The SMILES string of the molecule is Cc1nnc(C(C)Sc2nnc(-c3ccccc3F)n2Cc2ccccc2)o1. The van der Waals surface area contributed by atoms with Crippen LogP contribution in [0.3, 0.4) is 0 Å². The molecule has 0 aliphatic heterocycles. The maximum Gasteiger partial charge on any atom is 0.229 e. The minimum absolute atomic E-state index is 0.117. The van der Waals surface area contributed by atoms with Gasteiger partial charge in [-0.1, -0.05) is 54.2 Å². The van der Waals surface area contributed by atoms with E-state index in [-0.39, 0.29) is 11.1 Å². The maximum absolute atomic E-state index is 14.4. The standard InChI is InChI=1S/C20H18FN5OS/c1-13(19-24-22-14(2)27-19)28-20-25-23-18(16-10-6-7-11-17(16)21)26(20)12-15-8-4-3-5-9-15/h3-11,13H,12H2,1-2H3. The summed E-state index contributed by atoms with van der Waals surface area (Å²) in [5.41, 5.74) is 1.49. The van der Waals surface area contributed by atoms with Crippen molar-refractivity contribution < 1.29 is 8.81 Å². The molecule has 1 atom stereocenters. The van der Waals surface area contributed by atoms with Crippen LogP contribution in [0, 0.1) is 12.7 Å². The Labute approximate surface area is 165 Å². The summed E-state index contributed by atoms with van der Waals surface area (Å²) in [4.78, 5) is 0. The molecule has 2 heterocycles. The maximum atomic E-state index is 14.4. The first-order valence-corrected chi connectivity index (χ1v) is 9.68. The average molecular weight is 395 g/mol. The fourth-order valence-electron chi connectivity index (χ4n) is 2.81. The molecule has 0 saturated carbocycles. The van der Waals surface area contributed by atoms with Gasteiger partial charge in [0.2, 0.25) is 11.8 Å². The van der Waals surface area contributed by atoms with Crippen molar-refractivity contribution in [2.75, 3.05) is 0 Å². The average Bonchev–Trinajstić information content (AvgIpc) is 3.30. The van der Waals surface area contributed by atoms with Crippen LogP contribution in [-0.2, 0) is 6.54 Å². The van der Waals surface area contributed by atoms with E-state index in [0.717, 1.165) is 5.56 Å². The molecule has 0 bridgehead atoms. The number of thioether (sulfide) groups is 1. The summed E-state index contributed by atoms with van der Waals surface area (Å²) in [5.74, 6) is 1.18. The second kappa shape index (κ2) is 7.93. The quantitative estimate of drug-likeness (QED) is 0.442. The minimum atomic E-state index is -0.332. The lowest BCUT2D eigenvalue weighted by molar-refractivity contribution is 0.469. The van der Waals surface area contributed by atoms with E-state index in [0.29, 0.717) is 34.9 Å². The van der Waals surface area contributed by atoms with Crippen molar-refractivity contribution in [1.29, 1.82) is 0 Å². The van der Waals surface area contributed by atoms with E-state index in [9.17, 15) is 4.39 Å². The molecule has 28 heavy (non-hydrogen) atoms. The van der Waals surface area contributed by atoms with E-state index in [1.807, 2.05) is 41.8 Å². The number of benzene rings is 2. The number of nitrogens with zero attached hydrogens (tertiary/aromatic N) is 5. The van der Waals surface area contributed by atoms with Gasteiger partial charge in [0.15, 0.2) is 11.0 Å². The molecule has 4 rings (SSSR count). The molecule has 6 nitrogen and oxygen atoms in total. The molecule has 0 amide bonds. The van der Waals surface area contributed by atoms with Gasteiger partial charge in [-0.05, 0) is 24.6 Å². The highest BCUT2D eigenvalue weighted by Gasteiger charge is 2.22. The molecule has 0 fully saturated rings. The lowest BCUT2D eigenvalue weighted by atomic mass is 10.2. The highest BCUT2D eigenvalue weighted by atomic mass is 32.2. The zero-order valence-corrected chi connectivity index (χ0v) is 16.2. The van der Waals surface area contributed by atoms with Crippen LogP contribution in [0.25, 0.3) is 11.4 Å². The van der Waals surface area contributed by atoms with E-state index in [2.05, 4.69) is 20.4 Å². The van der Waals surface area contributed by atoms with Crippen LogP contribution < -0.4 is 0 Å². The first-order valence-electron chi connectivity index (χ1n) is 8.80. The Morgan fingerprint density at radius 3 is 2.46 bits per heavy atom. The zero-order valence-electron chi connectivity index (χ0n) is 15.4. The number of aryl methyl sites for hydroxylation is 1. The number of aromatic nitrogens is 5. The van der Waals surface area contributed by atoms with Gasteiger partial charge in [-0.2, -0.15) is 0 Å². The molecule has 2 aromatic heterocycles. The van der Waals surface area contributed by atoms with Gasteiger partial charge in [-0.15, -0.1) is 20.4 Å². The van der Waals surface area contributed by atoms with E-state index in [1.165, 1.54) is 17.8 Å². The van der Waals surface area contributed by atoms with Crippen LogP contribution in [0.2, 0.25) is 0 Å². The summed E-state index contributed by atoms with van der Waals surface area (Å²) >= 11 is 1.45. The third kappa shape index (κ3) is 3.82. The second-order valence-corrected chi connectivity index (χ2v) is 7.59. The van der Waals surface area contributed by atoms with Crippen molar-refractivity contribution in [3.05, 3.63) is 77.8 Å². The number of rotatable bonds is 6. The van der Waals surface area contributed by atoms with Crippen molar-refractivity contribution in [2.45, 2.75) is 30.8 Å². The van der Waals surface area contributed by atoms with Gasteiger partial charge < -0.3 is 4.42 Å². The molecule has 4 aromatic rings. The van der Waals surface area contributed by atoms with Gasteiger partial charge >= 0.3 is 0 Å². The van der Waals surface area contributed by atoms with Crippen molar-refractivity contribution in [3.63, 3.8) is 0 Å². The van der Waals surface area contributed by atoms with E-state index in [4.69, 9.17) is 4.42 Å². The lowest BCUT2D eigenvalue weighted by Crippen LogP contribution is -2.05. The Balaban J connectivity index is 1.72. The molecule has 1 unspecified atom stereocenters. The Morgan fingerprint density at radius 1 is 1.00 bits per heavy atom. The molecule has 0 aliphatic carbocycles. The topological polar surface area (TPSA) is 69.6 Å². The third-order valence-electron chi connectivity index (χ3n) is 4.19. The highest BCUT2D eigenvalue weighted by Crippen LogP contribution is 2.35. The summed E-state index contributed by atoms with van der Waals surface area (Å²) in [7, 11) is 0. The van der Waals surface area contributed by atoms with Crippen LogP contribution in [0.15, 0.2) is 64.2 Å². The normalized spacial score (nSPS) is 12.2. The molecule has 0 radical (unpaired) electrons. The van der Waals surface area contributed by atoms with Gasteiger partial charge in [-0.3, -0.25) is 4.57 Å². The molecule has 8 heteroatoms. The number of hydrogen-bond donors (Lipinski definition) is 0. The van der Waals surface area contributed by atoms with Gasteiger partial charge in [0.1, 0.15) is 5.82 Å². The van der Waals surface area contributed by atoms with Crippen LogP contribution in [0.4, 0.5) is 4.39 Å². The van der Waals surface area contributed by atoms with Crippen molar-refractivity contribution in [2.24, 2.45) is 0 Å². The van der Waals surface area contributed by atoms with Crippen LogP contribution >= 0.6 is 11.8 Å². The smallest absolute Gasteiger partial charge is 0.229 e. The van der Waals surface area contributed by atoms with Crippen LogP contribution in [0.1, 0.15) is 29.5 Å². The summed E-state index contributed by atoms with van der Waals surface area (Å²) in [6.45, 7) is 4.24. The minimum Gasteiger partial charge on any atom is -0.424 e. The Bertz CT molecular complexity index is 1080. The number of hydrogen-bond acceptors (Lipinski definition) is 6. The van der Waals surface area contributed by atoms with E-state index in [1.54, 1.807) is 25.1 Å². The van der Waals surface area contributed by atoms with E-state index < -0.39 is 0 Å². The molecule has 0 saturated heterocycles. The van der Waals surface area contributed by atoms with Gasteiger partial charge in [-0.25, -0.2) is 4.39 Å². The summed E-state index contributed by atoms with van der Waals surface area (Å²) in [5, 5.41) is 17.1. The van der Waals surface area contributed by atoms with Gasteiger partial charge in [0.25, 0.3) is 0 Å². The summed E-state index contributed by atoms with van der Waals surface area (Å²) < 4.78 is 21.9. The Morgan fingerprint density at radius 2 is 1.75 bits per heavy atom. The molecule has 0 aliphatic rings. The molecule has 2 aromatic carbocycles. The summed E-state index contributed by atoms with van der Waals surface area (Å²) in [6, 6.07) is 16.5. The first kappa shape index (κ1) is 18.4. The van der Waals surface area contributed by atoms with Crippen molar-refractivity contribution in [1.82, 2.24) is 25.0 Å². The first-order chi connectivity index (χ1) is 13.6. The van der Waals surface area contributed by atoms with Crippen molar-refractivity contribution >= 4 is 11.8 Å². The predicted octanol–water partition coefficient (Wildman–Crippen LogP) is 4.68. The molecule has 0 N–H and O–H groups in total. The van der Waals surface area contributed by atoms with Crippen molar-refractivity contribution in [3.8, 4) is 11.4 Å². The van der Waals surface area contributed by atoms with Gasteiger partial charge in [0, 0.05) is 6.92 Å². The monoisotopic (exact) mass is 395 g/mol. The van der Waals surface area contributed by atoms with Crippen LogP contribution in [-0.4, -0.2) is 25.0 Å². The molecule has 0 spiro atoms. The summed E-state index contributed by atoms with van der Waals surface area (Å²) in [6.07, 6.45) is 0. The number of halogens is 1. The Kier molecular flexibility index (Phi) is 5.21. The Hall–Kier alpha value is -3.00. The van der Waals surface area contributed by atoms with E-state index >= 15 is 0 Å². The molecule has 142 valence electrons. The van der Waals surface area contributed by atoms with Gasteiger partial charge in [0.05, 0.1) is 17.4 Å². The molecular formula is C20H18FN5OS. The predicted molar refractivity (Wildman–Crippen MR) is 104 cm³/mol. The fourth-order valence-corrected chi connectivity index (χ4v) is 3.69.